The molecule has 2 aromatic rings. The summed E-state index contributed by atoms with van der Waals surface area (Å²) in [6, 6.07) is 11.8. The summed E-state index contributed by atoms with van der Waals surface area (Å²) in [5, 5.41) is 5.45. The fraction of sp³-hybridized carbons (Fsp3) is 0.300. The maximum Gasteiger partial charge on any atom is 0.411 e. The van der Waals surface area contributed by atoms with Crippen molar-refractivity contribution >= 4 is 17.7 Å². The van der Waals surface area contributed by atoms with Gasteiger partial charge in [-0.05, 0) is 49.6 Å². The summed E-state index contributed by atoms with van der Waals surface area (Å²) in [7, 11) is 0. The Balaban J connectivity index is 1.52. The Kier molecular flexibility index (Phi) is 6.01. The molecule has 0 bridgehead atoms. The van der Waals surface area contributed by atoms with Crippen molar-refractivity contribution in [3.63, 3.8) is 0 Å². The van der Waals surface area contributed by atoms with Crippen LogP contribution in [-0.2, 0) is 4.74 Å². The third-order valence-corrected chi connectivity index (χ3v) is 4.44. The fourth-order valence-corrected chi connectivity index (χ4v) is 3.11. The lowest BCUT2D eigenvalue weighted by atomic mass is 9.92. The van der Waals surface area contributed by atoms with Crippen molar-refractivity contribution in [2.45, 2.75) is 37.8 Å². The lowest BCUT2D eigenvalue weighted by Crippen LogP contribution is -2.41. The Hall–Kier alpha value is -2.96. The van der Waals surface area contributed by atoms with Gasteiger partial charge < -0.3 is 10.1 Å². The van der Waals surface area contributed by atoms with Gasteiger partial charge in [-0.25, -0.2) is 13.6 Å². The molecule has 5 nitrogen and oxygen atoms in total. The minimum Gasteiger partial charge on any atom is -0.446 e. The lowest BCUT2D eigenvalue weighted by Gasteiger charge is -2.29. The second-order valence-electron chi connectivity index (χ2n) is 6.48. The van der Waals surface area contributed by atoms with E-state index < -0.39 is 23.6 Å². The average Bonchev–Trinajstić information content (AvgIpc) is 2.65. The van der Waals surface area contributed by atoms with Crippen LogP contribution in [-0.4, -0.2) is 24.1 Å². The van der Waals surface area contributed by atoms with Gasteiger partial charge in [0.15, 0.2) is 11.6 Å². The number of carbonyl (C=O) groups excluding carboxylic acids is 2. The molecule has 2 amide bonds. The molecule has 7 heteroatoms. The molecule has 1 fully saturated rings. The van der Waals surface area contributed by atoms with E-state index in [1.54, 1.807) is 24.3 Å². The fourth-order valence-electron chi connectivity index (χ4n) is 3.11. The minimum atomic E-state index is -1.06. The molecule has 0 heterocycles. The highest BCUT2D eigenvalue weighted by Crippen LogP contribution is 2.22. The van der Waals surface area contributed by atoms with E-state index in [2.05, 4.69) is 10.6 Å². The van der Waals surface area contributed by atoms with Crippen LogP contribution < -0.4 is 10.6 Å². The van der Waals surface area contributed by atoms with Crippen molar-refractivity contribution in [3.05, 3.63) is 65.7 Å². The molecule has 1 aliphatic rings. The zero-order valence-electron chi connectivity index (χ0n) is 14.6. The molecule has 1 saturated carbocycles. The van der Waals surface area contributed by atoms with Gasteiger partial charge in [0, 0.05) is 23.7 Å². The standard InChI is InChI=1S/C20H20F2N2O3/c21-17-10-9-13(11-18(17)22)19(25)23-15-7-4-8-16(12-15)27-20(26)24-14-5-2-1-3-6-14/h1-3,5-6,9-11,15-16H,4,7-8,12H2,(H,23,25)(H,24,26). The predicted molar refractivity (Wildman–Crippen MR) is 96.4 cm³/mol. The summed E-state index contributed by atoms with van der Waals surface area (Å²) >= 11 is 0. The predicted octanol–water partition coefficient (Wildman–Crippen LogP) is 4.25. The largest absolute Gasteiger partial charge is 0.446 e. The molecular formula is C20H20F2N2O3. The van der Waals surface area contributed by atoms with Gasteiger partial charge in [-0.1, -0.05) is 18.2 Å². The molecular weight excluding hydrogens is 354 g/mol. The van der Waals surface area contributed by atoms with Crippen LogP contribution in [0.15, 0.2) is 48.5 Å². The number of amides is 2. The van der Waals surface area contributed by atoms with E-state index in [9.17, 15) is 18.4 Å². The normalized spacial score (nSPS) is 19.2. The number of carbonyl (C=O) groups is 2. The zero-order valence-corrected chi connectivity index (χ0v) is 14.6. The first-order valence-corrected chi connectivity index (χ1v) is 8.80. The summed E-state index contributed by atoms with van der Waals surface area (Å²) in [6.07, 6.45) is 1.83. The van der Waals surface area contributed by atoms with Crippen molar-refractivity contribution in [2.24, 2.45) is 0 Å². The number of rotatable bonds is 4. The topological polar surface area (TPSA) is 67.4 Å². The van der Waals surface area contributed by atoms with Gasteiger partial charge in [-0.15, -0.1) is 0 Å². The van der Waals surface area contributed by atoms with E-state index in [4.69, 9.17) is 4.74 Å². The van der Waals surface area contributed by atoms with Crippen molar-refractivity contribution in [1.82, 2.24) is 5.32 Å². The first-order valence-electron chi connectivity index (χ1n) is 8.80. The van der Waals surface area contributed by atoms with E-state index in [0.717, 1.165) is 25.0 Å². The molecule has 0 aliphatic heterocycles. The van der Waals surface area contributed by atoms with E-state index in [1.807, 2.05) is 6.07 Å². The second-order valence-corrected chi connectivity index (χ2v) is 6.48. The van der Waals surface area contributed by atoms with Crippen LogP contribution in [0, 0.1) is 11.6 Å². The highest BCUT2D eigenvalue weighted by atomic mass is 19.2. The van der Waals surface area contributed by atoms with Crippen molar-refractivity contribution in [3.8, 4) is 0 Å². The molecule has 1 aliphatic carbocycles. The van der Waals surface area contributed by atoms with Crippen LogP contribution in [0.5, 0.6) is 0 Å². The number of hydrogen-bond donors (Lipinski definition) is 2. The van der Waals surface area contributed by atoms with E-state index in [0.29, 0.717) is 18.5 Å². The van der Waals surface area contributed by atoms with Gasteiger partial charge in [-0.3, -0.25) is 10.1 Å². The van der Waals surface area contributed by atoms with E-state index in [-0.39, 0.29) is 17.7 Å². The van der Waals surface area contributed by atoms with Crippen LogP contribution in [0.25, 0.3) is 0 Å². The number of nitrogens with one attached hydrogen (secondary N) is 2. The number of ether oxygens (including phenoxy) is 1. The molecule has 3 rings (SSSR count). The molecule has 0 radical (unpaired) electrons. The molecule has 2 N–H and O–H groups in total. The zero-order chi connectivity index (χ0) is 19.2. The van der Waals surface area contributed by atoms with Gasteiger partial charge in [0.05, 0.1) is 0 Å². The van der Waals surface area contributed by atoms with E-state index in [1.165, 1.54) is 6.07 Å². The monoisotopic (exact) mass is 374 g/mol. The Labute approximate surface area is 155 Å². The number of halogens is 2. The molecule has 0 spiro atoms. The third-order valence-electron chi connectivity index (χ3n) is 4.44. The Morgan fingerprint density at radius 3 is 2.52 bits per heavy atom. The van der Waals surface area contributed by atoms with Crippen molar-refractivity contribution < 1.29 is 23.1 Å². The quantitative estimate of drug-likeness (QED) is 0.841. The molecule has 0 aromatic heterocycles. The average molecular weight is 374 g/mol. The lowest BCUT2D eigenvalue weighted by molar-refractivity contribution is 0.0712. The number of hydrogen-bond acceptors (Lipinski definition) is 3. The molecule has 0 saturated heterocycles. The van der Waals surface area contributed by atoms with Gasteiger partial charge >= 0.3 is 6.09 Å². The van der Waals surface area contributed by atoms with E-state index >= 15 is 0 Å². The maximum absolute atomic E-state index is 13.3. The van der Waals surface area contributed by atoms with Crippen molar-refractivity contribution in [1.29, 1.82) is 0 Å². The van der Waals surface area contributed by atoms with Gasteiger partial charge in [-0.2, -0.15) is 0 Å². The van der Waals surface area contributed by atoms with Gasteiger partial charge in [0.2, 0.25) is 0 Å². The second kappa shape index (κ2) is 8.62. The molecule has 2 aromatic carbocycles. The summed E-state index contributed by atoms with van der Waals surface area (Å²) < 4.78 is 31.7. The smallest absolute Gasteiger partial charge is 0.411 e. The summed E-state index contributed by atoms with van der Waals surface area (Å²) in [6.45, 7) is 0. The van der Waals surface area contributed by atoms with Gasteiger partial charge in [0.25, 0.3) is 5.91 Å². The molecule has 2 unspecified atom stereocenters. The minimum absolute atomic E-state index is 0.0544. The Morgan fingerprint density at radius 2 is 1.78 bits per heavy atom. The molecule has 2 atom stereocenters. The van der Waals surface area contributed by atoms with Crippen molar-refractivity contribution in [2.75, 3.05) is 5.32 Å². The summed E-state index contributed by atoms with van der Waals surface area (Å²) in [5.41, 5.74) is 0.695. The Bertz CT molecular complexity index is 814. The highest BCUT2D eigenvalue weighted by Gasteiger charge is 2.26. The SMILES string of the molecule is O=C(Nc1ccccc1)OC1CCCC(NC(=O)c2ccc(F)c(F)c2)C1. The van der Waals surface area contributed by atoms with Crippen LogP contribution in [0.3, 0.4) is 0 Å². The number of para-hydroxylation sites is 1. The first kappa shape index (κ1) is 18.8. The molecule has 142 valence electrons. The number of benzene rings is 2. The maximum atomic E-state index is 13.3. The van der Waals surface area contributed by atoms with Crippen LogP contribution in [0.4, 0.5) is 19.3 Å². The number of anilines is 1. The Morgan fingerprint density at radius 1 is 1.00 bits per heavy atom. The van der Waals surface area contributed by atoms with Crippen LogP contribution in [0.2, 0.25) is 0 Å². The van der Waals surface area contributed by atoms with Crippen LogP contribution >= 0.6 is 0 Å². The third kappa shape index (κ3) is 5.26. The summed E-state index contributed by atoms with van der Waals surface area (Å²) in [4.78, 5) is 24.2. The first-order chi connectivity index (χ1) is 13.0. The van der Waals surface area contributed by atoms with Crippen LogP contribution in [0.1, 0.15) is 36.0 Å². The molecule has 27 heavy (non-hydrogen) atoms. The van der Waals surface area contributed by atoms with Gasteiger partial charge in [0.1, 0.15) is 6.10 Å². The summed E-state index contributed by atoms with van der Waals surface area (Å²) in [5.74, 6) is -2.54. The highest BCUT2D eigenvalue weighted by molar-refractivity contribution is 5.94.